The van der Waals surface area contributed by atoms with Gasteiger partial charge in [-0.15, -0.1) is 12.3 Å². The summed E-state index contributed by atoms with van der Waals surface area (Å²) in [5.74, 6) is 2.56. The van der Waals surface area contributed by atoms with Crippen molar-refractivity contribution in [2.45, 2.75) is 13.0 Å². The van der Waals surface area contributed by atoms with Crippen LogP contribution in [0, 0.1) is 12.3 Å². The third-order valence-corrected chi connectivity index (χ3v) is 1.36. The molecule has 2 nitrogen and oxygen atoms in total. The first-order valence-corrected chi connectivity index (χ1v) is 3.58. The van der Waals surface area contributed by atoms with Crippen molar-refractivity contribution in [2.75, 3.05) is 6.54 Å². The number of rotatable bonds is 4. The van der Waals surface area contributed by atoms with Crippen LogP contribution in [-0.4, -0.2) is 6.54 Å². The van der Waals surface area contributed by atoms with Crippen molar-refractivity contribution in [3.05, 3.63) is 24.2 Å². The van der Waals surface area contributed by atoms with Crippen LogP contribution in [0.5, 0.6) is 0 Å². The second kappa shape index (κ2) is 4.59. The molecule has 0 fully saturated rings. The maximum atomic E-state index is 5.08. The molecule has 0 aliphatic heterocycles. The van der Waals surface area contributed by atoms with Crippen molar-refractivity contribution >= 4 is 0 Å². The second-order valence-corrected chi connectivity index (χ2v) is 2.26. The Hall–Kier alpha value is -1.20. The van der Waals surface area contributed by atoms with Crippen LogP contribution in [0.1, 0.15) is 12.0 Å². The molecule has 11 heavy (non-hydrogen) atoms. The summed E-state index contributed by atoms with van der Waals surface area (Å²) in [7, 11) is 0. The summed E-state index contributed by atoms with van der Waals surface area (Å²) >= 11 is 0. The molecule has 1 N–H and O–H groups in total. The van der Waals surface area contributed by atoms with Gasteiger partial charge in [-0.25, -0.2) is 0 Å². The van der Waals surface area contributed by atoms with E-state index in [1.165, 1.54) is 0 Å². The van der Waals surface area contributed by atoms with Crippen LogP contribution in [0.2, 0.25) is 0 Å². The zero-order chi connectivity index (χ0) is 7.94. The maximum Gasteiger partial charge on any atom is 0.0947 e. The highest BCUT2D eigenvalue weighted by Crippen LogP contribution is 1.97. The Labute approximate surface area is 66.6 Å². The van der Waals surface area contributed by atoms with E-state index in [9.17, 15) is 0 Å². The Morgan fingerprint density at radius 2 is 2.55 bits per heavy atom. The first-order valence-electron chi connectivity index (χ1n) is 3.58. The molecule has 0 spiro atoms. The summed E-state index contributed by atoms with van der Waals surface area (Å²) in [6.07, 6.45) is 9.25. The highest BCUT2D eigenvalue weighted by atomic mass is 16.3. The average Bonchev–Trinajstić information content (AvgIpc) is 2.50. The lowest BCUT2D eigenvalue weighted by Gasteiger charge is -1.97. The van der Waals surface area contributed by atoms with E-state index in [1.807, 2.05) is 6.07 Å². The predicted molar refractivity (Wildman–Crippen MR) is 43.9 cm³/mol. The molecule has 0 saturated carbocycles. The van der Waals surface area contributed by atoms with Gasteiger partial charge in [0.25, 0.3) is 0 Å². The van der Waals surface area contributed by atoms with Gasteiger partial charge in [-0.05, 0) is 6.07 Å². The van der Waals surface area contributed by atoms with Crippen LogP contribution < -0.4 is 5.32 Å². The quantitative estimate of drug-likeness (QED) is 0.517. The van der Waals surface area contributed by atoms with E-state index in [0.717, 1.165) is 25.1 Å². The number of hydrogen-bond donors (Lipinski definition) is 1. The van der Waals surface area contributed by atoms with Crippen LogP contribution in [0.25, 0.3) is 0 Å². The van der Waals surface area contributed by atoms with E-state index in [2.05, 4.69) is 11.2 Å². The first-order chi connectivity index (χ1) is 5.43. The summed E-state index contributed by atoms with van der Waals surface area (Å²) in [5, 5.41) is 3.19. The molecule has 0 aliphatic carbocycles. The van der Waals surface area contributed by atoms with Gasteiger partial charge < -0.3 is 9.73 Å². The van der Waals surface area contributed by atoms with E-state index in [0.29, 0.717) is 0 Å². The van der Waals surface area contributed by atoms with Crippen LogP contribution in [0.4, 0.5) is 0 Å². The van der Waals surface area contributed by atoms with E-state index in [1.54, 1.807) is 12.5 Å². The molecule has 2 heteroatoms. The molecular formula is C9H11NO. The summed E-state index contributed by atoms with van der Waals surface area (Å²) in [5.41, 5.74) is 1.15. The standard InChI is InChI=1S/C9H11NO/c1-2-3-5-10-7-9-4-6-11-8-9/h1,4,6,8,10H,3,5,7H2. The minimum atomic E-state index is 0.776. The molecule has 0 aromatic carbocycles. The SMILES string of the molecule is C#CCCNCc1ccoc1. The van der Waals surface area contributed by atoms with Gasteiger partial charge in [0.1, 0.15) is 0 Å². The number of hydrogen-bond acceptors (Lipinski definition) is 2. The highest BCUT2D eigenvalue weighted by Gasteiger charge is 1.90. The minimum absolute atomic E-state index is 0.776. The normalized spacial score (nSPS) is 9.36. The van der Waals surface area contributed by atoms with Crippen molar-refractivity contribution < 1.29 is 4.42 Å². The number of terminal acetylenes is 1. The van der Waals surface area contributed by atoms with Crippen LogP contribution in [-0.2, 0) is 6.54 Å². The molecule has 1 rings (SSSR count). The van der Waals surface area contributed by atoms with E-state index in [-0.39, 0.29) is 0 Å². The Kier molecular flexibility index (Phi) is 3.30. The zero-order valence-corrected chi connectivity index (χ0v) is 6.34. The second-order valence-electron chi connectivity index (χ2n) is 2.26. The zero-order valence-electron chi connectivity index (χ0n) is 6.34. The fraction of sp³-hybridized carbons (Fsp3) is 0.333. The molecule has 0 bridgehead atoms. The lowest BCUT2D eigenvalue weighted by Crippen LogP contribution is -2.13. The molecule has 0 radical (unpaired) electrons. The summed E-state index contributed by atoms with van der Waals surface area (Å²) in [6, 6.07) is 1.93. The van der Waals surface area contributed by atoms with Gasteiger partial charge in [-0.2, -0.15) is 0 Å². The molecule has 58 valence electrons. The number of nitrogens with one attached hydrogen (secondary N) is 1. The van der Waals surface area contributed by atoms with E-state index >= 15 is 0 Å². The van der Waals surface area contributed by atoms with E-state index < -0.39 is 0 Å². The van der Waals surface area contributed by atoms with Gasteiger partial charge in [0, 0.05) is 25.1 Å². The van der Waals surface area contributed by atoms with Crippen LogP contribution in [0.3, 0.4) is 0 Å². The fourth-order valence-electron chi connectivity index (χ4n) is 0.787. The maximum absolute atomic E-state index is 5.08. The molecule has 0 amide bonds. The summed E-state index contributed by atoms with van der Waals surface area (Å²) < 4.78 is 4.89. The molecule has 0 atom stereocenters. The Bertz CT molecular complexity index is 220. The molecule has 0 unspecified atom stereocenters. The monoisotopic (exact) mass is 149 g/mol. The smallest absolute Gasteiger partial charge is 0.0947 e. The topological polar surface area (TPSA) is 25.2 Å². The molecular weight excluding hydrogens is 138 g/mol. The van der Waals surface area contributed by atoms with Gasteiger partial charge in [0.15, 0.2) is 0 Å². The van der Waals surface area contributed by atoms with E-state index in [4.69, 9.17) is 10.8 Å². The van der Waals surface area contributed by atoms with Gasteiger partial charge in [-0.3, -0.25) is 0 Å². The average molecular weight is 149 g/mol. The Morgan fingerprint density at radius 1 is 1.64 bits per heavy atom. The molecule has 1 aromatic rings. The van der Waals surface area contributed by atoms with Gasteiger partial charge >= 0.3 is 0 Å². The van der Waals surface area contributed by atoms with Crippen molar-refractivity contribution in [1.82, 2.24) is 5.32 Å². The molecule has 0 aliphatic rings. The van der Waals surface area contributed by atoms with Gasteiger partial charge in [0.2, 0.25) is 0 Å². The lowest BCUT2D eigenvalue weighted by molar-refractivity contribution is 0.560. The van der Waals surface area contributed by atoms with Gasteiger partial charge in [-0.1, -0.05) is 0 Å². The first kappa shape index (κ1) is 7.90. The minimum Gasteiger partial charge on any atom is -0.472 e. The highest BCUT2D eigenvalue weighted by molar-refractivity contribution is 5.04. The third kappa shape index (κ3) is 2.92. The Balaban J connectivity index is 2.10. The van der Waals surface area contributed by atoms with Crippen LogP contribution >= 0.6 is 0 Å². The van der Waals surface area contributed by atoms with Crippen molar-refractivity contribution in [3.63, 3.8) is 0 Å². The Morgan fingerprint density at radius 3 is 3.18 bits per heavy atom. The van der Waals surface area contributed by atoms with Crippen molar-refractivity contribution in [1.29, 1.82) is 0 Å². The van der Waals surface area contributed by atoms with Crippen molar-refractivity contribution in [3.8, 4) is 12.3 Å². The summed E-state index contributed by atoms with van der Waals surface area (Å²) in [6.45, 7) is 1.69. The molecule has 1 heterocycles. The van der Waals surface area contributed by atoms with Gasteiger partial charge in [0.05, 0.1) is 12.5 Å². The third-order valence-electron chi connectivity index (χ3n) is 1.36. The predicted octanol–water partition coefficient (Wildman–Crippen LogP) is 1.39. The van der Waals surface area contributed by atoms with Crippen LogP contribution in [0.15, 0.2) is 23.0 Å². The largest absolute Gasteiger partial charge is 0.472 e. The number of furan rings is 1. The molecule has 0 saturated heterocycles. The lowest BCUT2D eigenvalue weighted by atomic mass is 10.3. The summed E-state index contributed by atoms with van der Waals surface area (Å²) in [4.78, 5) is 0. The fourth-order valence-corrected chi connectivity index (χ4v) is 0.787. The van der Waals surface area contributed by atoms with Crippen molar-refractivity contribution in [2.24, 2.45) is 0 Å². The molecule has 1 aromatic heterocycles.